The molecule has 0 aliphatic carbocycles. The zero-order valence-corrected chi connectivity index (χ0v) is 20.4. The van der Waals surface area contributed by atoms with Gasteiger partial charge in [0.1, 0.15) is 5.82 Å². The minimum absolute atomic E-state index is 0.0560. The van der Waals surface area contributed by atoms with E-state index in [9.17, 15) is 27.2 Å². The number of aliphatic carboxylic acids is 1. The van der Waals surface area contributed by atoms with Gasteiger partial charge in [-0.1, -0.05) is 43.3 Å². The predicted octanol–water partition coefficient (Wildman–Crippen LogP) is 3.48. The van der Waals surface area contributed by atoms with Crippen LogP contribution in [0.15, 0.2) is 59.4 Å². The number of H-pyrrole nitrogens is 1. The van der Waals surface area contributed by atoms with Gasteiger partial charge in [0.2, 0.25) is 0 Å². The van der Waals surface area contributed by atoms with Gasteiger partial charge in [0.05, 0.1) is 17.3 Å². The molecular formula is C26H26F4N4O4. The molecule has 4 rings (SSSR count). The lowest BCUT2D eigenvalue weighted by Gasteiger charge is -2.36. The van der Waals surface area contributed by atoms with Gasteiger partial charge in [-0.05, 0) is 35.7 Å². The molecule has 0 radical (unpaired) electrons. The molecule has 0 bridgehead atoms. The molecule has 1 amide bonds. The molecule has 1 aliphatic rings. The van der Waals surface area contributed by atoms with Crippen LogP contribution in [0, 0.1) is 5.82 Å². The Morgan fingerprint density at radius 2 is 1.82 bits per heavy atom. The molecule has 1 aliphatic heterocycles. The number of rotatable bonds is 5. The average Bonchev–Trinajstić information content (AvgIpc) is 2.90. The lowest BCUT2D eigenvalue weighted by Crippen LogP contribution is -2.48. The van der Waals surface area contributed by atoms with Gasteiger partial charge in [0, 0.05) is 31.6 Å². The highest BCUT2D eigenvalue weighted by Crippen LogP contribution is 2.25. The number of aromatic nitrogens is 2. The van der Waals surface area contributed by atoms with E-state index in [1.54, 1.807) is 23.1 Å². The Morgan fingerprint density at radius 3 is 2.45 bits per heavy atom. The van der Waals surface area contributed by atoms with Crippen LogP contribution in [-0.4, -0.2) is 57.9 Å². The first kappa shape index (κ1) is 28.5. The molecule has 0 spiro atoms. The number of amides is 1. The van der Waals surface area contributed by atoms with Gasteiger partial charge in [-0.3, -0.25) is 9.59 Å². The number of benzene rings is 2. The third-order valence-corrected chi connectivity index (χ3v) is 5.89. The summed E-state index contributed by atoms with van der Waals surface area (Å²) in [5.74, 6) is -3.62. The number of aryl methyl sites for hydroxylation is 1. The minimum atomic E-state index is -5.08. The fraction of sp³-hybridized carbons (Fsp3) is 0.308. The number of aromatic amines is 1. The highest BCUT2D eigenvalue weighted by Gasteiger charge is 2.38. The number of nitrogens with zero attached hydrogens (tertiary/aromatic N) is 2. The number of halogens is 4. The number of carbonyl (C=O) groups excluding carboxylic acids is 1. The molecule has 202 valence electrons. The molecule has 2 heterocycles. The number of hydrogen-bond acceptors (Lipinski definition) is 5. The van der Waals surface area contributed by atoms with Crippen molar-refractivity contribution in [1.82, 2.24) is 20.4 Å². The number of carbonyl (C=O) groups is 2. The van der Waals surface area contributed by atoms with E-state index in [2.05, 4.69) is 15.5 Å². The quantitative estimate of drug-likeness (QED) is 0.432. The summed E-state index contributed by atoms with van der Waals surface area (Å²) < 4.78 is 46.4. The van der Waals surface area contributed by atoms with E-state index in [4.69, 9.17) is 9.90 Å². The number of nitrogens with one attached hydrogen (secondary N) is 2. The standard InChI is InChI=1S/C24H25FN4O2.C2HF3O2/c1-2-17-14-19(27-28-23(17)30)12-16-8-9-21(25)20(13-16)24(31)29-11-10-26-15-22(29)18-6-4-3-5-7-18;3-2(4,5)1(6)7/h3-9,13-14,22,26H,2,10-12,15H2,1H3,(H,28,30);(H,6,7). The molecule has 1 unspecified atom stereocenters. The van der Waals surface area contributed by atoms with Crippen LogP contribution < -0.4 is 10.9 Å². The van der Waals surface area contributed by atoms with Crippen LogP contribution in [0.25, 0.3) is 0 Å². The summed E-state index contributed by atoms with van der Waals surface area (Å²) in [5, 5.41) is 17.0. The van der Waals surface area contributed by atoms with Crippen molar-refractivity contribution in [3.05, 3.63) is 98.7 Å². The van der Waals surface area contributed by atoms with Gasteiger partial charge in [-0.25, -0.2) is 14.3 Å². The molecule has 1 saturated heterocycles. The van der Waals surface area contributed by atoms with E-state index >= 15 is 0 Å². The molecule has 3 aromatic rings. The van der Waals surface area contributed by atoms with Crippen LogP contribution in [-0.2, 0) is 17.6 Å². The summed E-state index contributed by atoms with van der Waals surface area (Å²) in [6.45, 7) is 3.69. The second kappa shape index (κ2) is 12.5. The fourth-order valence-corrected chi connectivity index (χ4v) is 3.98. The van der Waals surface area contributed by atoms with Crippen molar-refractivity contribution in [2.45, 2.75) is 32.0 Å². The first-order valence-electron chi connectivity index (χ1n) is 11.7. The number of carboxylic acid groups (broad SMARTS) is 1. The van der Waals surface area contributed by atoms with Crippen LogP contribution >= 0.6 is 0 Å². The molecule has 3 N–H and O–H groups in total. The average molecular weight is 535 g/mol. The maximum Gasteiger partial charge on any atom is 0.490 e. The molecule has 1 fully saturated rings. The second-order valence-electron chi connectivity index (χ2n) is 8.49. The van der Waals surface area contributed by atoms with Crippen molar-refractivity contribution in [1.29, 1.82) is 0 Å². The lowest BCUT2D eigenvalue weighted by atomic mass is 10.00. The highest BCUT2D eigenvalue weighted by molar-refractivity contribution is 5.95. The summed E-state index contributed by atoms with van der Waals surface area (Å²) in [6.07, 6.45) is -4.09. The zero-order chi connectivity index (χ0) is 27.9. The summed E-state index contributed by atoms with van der Waals surface area (Å²) in [6, 6.07) is 16.0. The third-order valence-electron chi connectivity index (χ3n) is 5.89. The van der Waals surface area contributed by atoms with E-state index in [0.29, 0.717) is 43.7 Å². The van der Waals surface area contributed by atoms with Crippen molar-refractivity contribution in [3.8, 4) is 0 Å². The smallest absolute Gasteiger partial charge is 0.475 e. The Balaban J connectivity index is 0.000000505. The molecule has 12 heteroatoms. The second-order valence-corrected chi connectivity index (χ2v) is 8.49. The largest absolute Gasteiger partial charge is 0.490 e. The normalized spacial score (nSPS) is 15.4. The van der Waals surface area contributed by atoms with E-state index < -0.39 is 18.0 Å². The Morgan fingerprint density at radius 1 is 1.13 bits per heavy atom. The first-order valence-corrected chi connectivity index (χ1v) is 11.7. The maximum atomic E-state index is 14.7. The summed E-state index contributed by atoms with van der Waals surface area (Å²) in [7, 11) is 0. The molecular weight excluding hydrogens is 508 g/mol. The SMILES string of the molecule is CCc1cc(Cc2ccc(F)c(C(=O)N3CCNCC3c3ccccc3)c2)n[nH]c1=O.O=C(O)C(F)(F)F. The number of carboxylic acids is 1. The van der Waals surface area contributed by atoms with E-state index in [-0.39, 0.29) is 23.1 Å². The number of alkyl halides is 3. The van der Waals surface area contributed by atoms with Crippen molar-refractivity contribution in [2.24, 2.45) is 0 Å². The van der Waals surface area contributed by atoms with Gasteiger partial charge in [-0.15, -0.1) is 0 Å². The van der Waals surface area contributed by atoms with Crippen LogP contribution in [0.5, 0.6) is 0 Å². The van der Waals surface area contributed by atoms with Gasteiger partial charge >= 0.3 is 12.1 Å². The molecule has 1 aromatic heterocycles. The monoisotopic (exact) mass is 534 g/mol. The van der Waals surface area contributed by atoms with E-state index in [0.717, 1.165) is 11.1 Å². The van der Waals surface area contributed by atoms with E-state index in [1.807, 2.05) is 37.3 Å². The van der Waals surface area contributed by atoms with Gasteiger partial charge < -0.3 is 15.3 Å². The number of hydrogen-bond donors (Lipinski definition) is 3. The zero-order valence-electron chi connectivity index (χ0n) is 20.4. The Bertz CT molecular complexity index is 1330. The molecule has 38 heavy (non-hydrogen) atoms. The Hall–Kier alpha value is -4.06. The fourth-order valence-electron chi connectivity index (χ4n) is 3.98. The van der Waals surface area contributed by atoms with Crippen molar-refractivity contribution in [3.63, 3.8) is 0 Å². The molecule has 1 atom stereocenters. The topological polar surface area (TPSA) is 115 Å². The van der Waals surface area contributed by atoms with Crippen LogP contribution in [0.3, 0.4) is 0 Å². The molecule has 0 saturated carbocycles. The summed E-state index contributed by atoms with van der Waals surface area (Å²) in [4.78, 5) is 35.7. The van der Waals surface area contributed by atoms with Crippen molar-refractivity contribution in [2.75, 3.05) is 19.6 Å². The van der Waals surface area contributed by atoms with E-state index in [1.165, 1.54) is 6.07 Å². The highest BCUT2D eigenvalue weighted by atomic mass is 19.4. The summed E-state index contributed by atoms with van der Waals surface area (Å²) >= 11 is 0. The molecule has 8 nitrogen and oxygen atoms in total. The third kappa shape index (κ3) is 7.25. The predicted molar refractivity (Wildman–Crippen MR) is 130 cm³/mol. The number of piperazine rings is 1. The van der Waals surface area contributed by atoms with Crippen LogP contribution in [0.4, 0.5) is 17.6 Å². The van der Waals surface area contributed by atoms with Crippen LogP contribution in [0.1, 0.15) is 45.7 Å². The van der Waals surface area contributed by atoms with Crippen molar-refractivity contribution >= 4 is 11.9 Å². The van der Waals surface area contributed by atoms with Crippen LogP contribution in [0.2, 0.25) is 0 Å². The maximum absolute atomic E-state index is 14.7. The Kier molecular flexibility index (Phi) is 9.35. The lowest BCUT2D eigenvalue weighted by molar-refractivity contribution is -0.192. The Labute approximate surface area is 215 Å². The van der Waals surface area contributed by atoms with Gasteiger partial charge in [-0.2, -0.15) is 18.3 Å². The first-order chi connectivity index (χ1) is 18.0. The minimum Gasteiger partial charge on any atom is -0.475 e. The van der Waals surface area contributed by atoms with Gasteiger partial charge in [0.25, 0.3) is 11.5 Å². The van der Waals surface area contributed by atoms with Crippen molar-refractivity contribution < 1.29 is 32.3 Å². The molecule has 2 aromatic carbocycles. The van der Waals surface area contributed by atoms with Gasteiger partial charge in [0.15, 0.2) is 0 Å². The summed E-state index contributed by atoms with van der Waals surface area (Å²) in [5.41, 5.74) is 2.95.